The maximum Gasteiger partial charge on any atom is 0.277 e. The van der Waals surface area contributed by atoms with Gasteiger partial charge in [0.1, 0.15) is 22.7 Å². The van der Waals surface area contributed by atoms with Gasteiger partial charge in [0, 0.05) is 11.8 Å². The van der Waals surface area contributed by atoms with Gasteiger partial charge in [0.2, 0.25) is 0 Å². The fraction of sp³-hybridized carbons (Fsp3) is 0.389. The smallest absolute Gasteiger partial charge is 0.277 e. The minimum atomic E-state index is -0.294. The highest BCUT2D eigenvalue weighted by Crippen LogP contribution is 2.30. The summed E-state index contributed by atoms with van der Waals surface area (Å²) in [5.74, 6) is 1.10. The largest absolute Gasteiger partial charge is 0.394 e. The molecule has 2 aromatic carbocycles. The fourth-order valence-electron chi connectivity index (χ4n) is 5.77. The molecule has 0 saturated heterocycles. The van der Waals surface area contributed by atoms with Gasteiger partial charge in [-0.1, -0.05) is 73.5 Å². The van der Waals surface area contributed by atoms with Crippen LogP contribution in [0, 0.1) is 27.7 Å². The van der Waals surface area contributed by atoms with Gasteiger partial charge in [0.15, 0.2) is 11.0 Å². The number of aliphatic hydroxyl groups excluding tert-OH is 2. The summed E-state index contributed by atoms with van der Waals surface area (Å²) in [4.78, 5) is 39.3. The molecular weight excluding hydrogens is 608 g/mol. The predicted octanol–water partition coefficient (Wildman–Crippen LogP) is 4.88. The lowest BCUT2D eigenvalue weighted by atomic mass is 9.96. The summed E-state index contributed by atoms with van der Waals surface area (Å²) in [5.41, 5.74) is 7.70. The van der Waals surface area contributed by atoms with E-state index in [9.17, 15) is 19.8 Å². The topological polar surface area (TPSA) is 168 Å². The van der Waals surface area contributed by atoms with Crippen molar-refractivity contribution in [3.63, 3.8) is 0 Å². The van der Waals surface area contributed by atoms with E-state index in [1.54, 1.807) is 23.2 Å². The summed E-state index contributed by atoms with van der Waals surface area (Å²) >= 11 is 0. The van der Waals surface area contributed by atoms with Crippen LogP contribution in [0.2, 0.25) is 0 Å². The molecule has 4 N–H and O–H groups in total. The third-order valence-electron chi connectivity index (χ3n) is 8.74. The lowest BCUT2D eigenvalue weighted by molar-refractivity contribution is 0.232. The molecule has 4 heterocycles. The summed E-state index contributed by atoms with van der Waals surface area (Å²) in [7, 11) is 0. The van der Waals surface area contributed by atoms with Crippen molar-refractivity contribution >= 4 is 22.1 Å². The number of aryl methyl sites for hydroxylation is 4. The van der Waals surface area contributed by atoms with E-state index in [0.717, 1.165) is 22.5 Å². The lowest BCUT2D eigenvalue weighted by Crippen LogP contribution is -2.18. The van der Waals surface area contributed by atoms with Crippen LogP contribution in [-0.2, 0) is 0 Å². The minimum Gasteiger partial charge on any atom is -0.394 e. The number of nitrogens with zero attached hydrogens (tertiary/aromatic N) is 6. The quantitative estimate of drug-likeness (QED) is 0.180. The molecule has 6 aromatic rings. The van der Waals surface area contributed by atoms with Crippen molar-refractivity contribution in [3.05, 3.63) is 115 Å². The van der Waals surface area contributed by atoms with Gasteiger partial charge < -0.3 is 20.2 Å². The molecule has 4 atom stereocenters. The van der Waals surface area contributed by atoms with Crippen molar-refractivity contribution in [1.29, 1.82) is 0 Å². The highest BCUT2D eigenvalue weighted by molar-refractivity contribution is 5.78. The highest BCUT2D eigenvalue weighted by Gasteiger charge is 2.25. The van der Waals surface area contributed by atoms with Crippen LogP contribution in [0.3, 0.4) is 0 Å². The molecule has 0 aliphatic heterocycles. The van der Waals surface area contributed by atoms with Crippen LogP contribution in [-0.4, -0.2) is 62.9 Å². The molecule has 0 aliphatic rings. The first-order valence-electron chi connectivity index (χ1n) is 16.2. The van der Waals surface area contributed by atoms with E-state index < -0.39 is 0 Å². The Kier molecular flexibility index (Phi) is 10.1. The predicted molar refractivity (Wildman–Crippen MR) is 187 cm³/mol. The Morgan fingerprint density at radius 1 is 0.604 bits per heavy atom. The Hall–Kier alpha value is -4.94. The molecule has 0 saturated carbocycles. The molecule has 252 valence electrons. The van der Waals surface area contributed by atoms with Crippen molar-refractivity contribution < 1.29 is 10.2 Å². The van der Waals surface area contributed by atoms with Gasteiger partial charge >= 0.3 is 0 Å². The number of nitrogens with one attached hydrogen (secondary N) is 2. The summed E-state index contributed by atoms with van der Waals surface area (Å²) in [6.07, 6.45) is 0. The number of benzene rings is 2. The maximum absolute atomic E-state index is 12.4. The van der Waals surface area contributed by atoms with Gasteiger partial charge in [-0.15, -0.1) is 0 Å². The van der Waals surface area contributed by atoms with Crippen LogP contribution >= 0.6 is 0 Å². The number of rotatable bonds is 8. The Bertz CT molecular complexity index is 2000. The van der Waals surface area contributed by atoms with E-state index >= 15 is 0 Å². The summed E-state index contributed by atoms with van der Waals surface area (Å²) in [6.45, 7) is 15.2. The number of hydrogen-bond donors (Lipinski definition) is 4. The van der Waals surface area contributed by atoms with Crippen LogP contribution < -0.4 is 11.1 Å². The van der Waals surface area contributed by atoms with Gasteiger partial charge in [-0.25, -0.2) is 9.97 Å². The zero-order valence-electron chi connectivity index (χ0n) is 28.7. The second-order valence-corrected chi connectivity index (χ2v) is 12.7. The number of H-pyrrole nitrogens is 2. The van der Waals surface area contributed by atoms with Gasteiger partial charge in [0.25, 0.3) is 11.1 Å². The van der Waals surface area contributed by atoms with E-state index in [-0.39, 0.29) is 48.3 Å². The van der Waals surface area contributed by atoms with Crippen molar-refractivity contribution in [1.82, 2.24) is 39.5 Å². The second-order valence-electron chi connectivity index (χ2n) is 12.7. The molecule has 0 unspecified atom stereocenters. The van der Waals surface area contributed by atoms with Gasteiger partial charge in [-0.3, -0.25) is 19.0 Å². The molecule has 4 aromatic heterocycles. The Labute approximate surface area is 278 Å². The molecular formula is C36H44N8O4. The number of fused-ring (bicyclic) bond motifs is 2. The number of hydrogen-bond acceptors (Lipinski definition) is 8. The fourth-order valence-corrected chi connectivity index (χ4v) is 5.77. The van der Waals surface area contributed by atoms with Gasteiger partial charge in [-0.2, -0.15) is 10.2 Å². The Morgan fingerprint density at radius 3 is 1.25 bits per heavy atom. The standard InChI is InChI=1S/2C18H22N4O2/c2*1-10-5-7-14(8-6-10)12(3)15-16-17(18(24)20-13(4)19-16)22(21-15)11(2)9-23/h2*5-8,11-12,23H,9H2,1-4H3,(H,19,20,24)/t11-,12+;11-,12-/m00/s1. The van der Waals surface area contributed by atoms with Crippen LogP contribution in [0.15, 0.2) is 58.1 Å². The van der Waals surface area contributed by atoms with Crippen molar-refractivity contribution in [3.8, 4) is 0 Å². The summed E-state index contributed by atoms with van der Waals surface area (Å²) < 4.78 is 3.17. The maximum atomic E-state index is 12.4. The average molecular weight is 653 g/mol. The van der Waals surface area contributed by atoms with Crippen molar-refractivity contribution in [2.24, 2.45) is 0 Å². The molecule has 0 amide bonds. The zero-order valence-corrected chi connectivity index (χ0v) is 28.7. The van der Waals surface area contributed by atoms with E-state index in [4.69, 9.17) is 0 Å². The summed E-state index contributed by atoms with van der Waals surface area (Å²) in [5, 5.41) is 28.3. The molecule has 0 radical (unpaired) electrons. The Balaban J connectivity index is 0.000000188. The first-order valence-corrected chi connectivity index (χ1v) is 16.2. The number of aromatic amines is 2. The first-order chi connectivity index (χ1) is 22.8. The zero-order chi connectivity index (χ0) is 34.9. The molecule has 0 bridgehead atoms. The highest BCUT2D eigenvalue weighted by atomic mass is 16.3. The lowest BCUT2D eigenvalue weighted by Gasteiger charge is -2.11. The van der Waals surface area contributed by atoms with Crippen LogP contribution in [0.5, 0.6) is 0 Å². The SMILES string of the molecule is Cc1ccc([C@@H](C)c2nn([C@@H](C)CO)c3c(=O)[nH]c(C)nc23)cc1.Cc1ccc([C@H](C)c2nn([C@@H](C)CO)c3c(=O)[nH]c(C)nc23)cc1. The van der Waals surface area contributed by atoms with Crippen LogP contribution in [0.4, 0.5) is 0 Å². The third kappa shape index (κ3) is 6.71. The molecule has 12 nitrogen and oxygen atoms in total. The second kappa shape index (κ2) is 14.0. The van der Waals surface area contributed by atoms with Crippen LogP contribution in [0.1, 0.15) is 96.9 Å². The van der Waals surface area contributed by atoms with E-state index in [2.05, 4.69) is 92.5 Å². The molecule has 0 aliphatic carbocycles. The molecule has 12 heteroatoms. The van der Waals surface area contributed by atoms with Gasteiger partial charge in [0.05, 0.1) is 36.7 Å². The third-order valence-corrected chi connectivity index (χ3v) is 8.74. The molecule has 0 fully saturated rings. The first kappa shape index (κ1) is 34.4. The van der Waals surface area contributed by atoms with Crippen molar-refractivity contribution in [2.75, 3.05) is 13.2 Å². The monoisotopic (exact) mass is 652 g/mol. The number of aliphatic hydroxyl groups is 2. The molecule has 0 spiro atoms. The van der Waals surface area contributed by atoms with E-state index in [1.807, 2.05) is 27.7 Å². The van der Waals surface area contributed by atoms with E-state index in [1.165, 1.54) is 11.1 Å². The molecule has 48 heavy (non-hydrogen) atoms. The van der Waals surface area contributed by atoms with Crippen LogP contribution in [0.25, 0.3) is 22.1 Å². The van der Waals surface area contributed by atoms with Gasteiger partial charge in [-0.05, 0) is 52.7 Å². The number of aromatic nitrogens is 8. The Morgan fingerprint density at radius 2 is 0.938 bits per heavy atom. The minimum absolute atomic E-state index is 0.00561. The average Bonchev–Trinajstić information content (AvgIpc) is 3.64. The van der Waals surface area contributed by atoms with E-state index in [0.29, 0.717) is 33.7 Å². The molecule has 6 rings (SSSR count). The summed E-state index contributed by atoms with van der Waals surface area (Å²) in [6, 6.07) is 15.9. The van der Waals surface area contributed by atoms with Crippen molar-refractivity contribution in [2.45, 2.75) is 79.3 Å². The normalized spacial score (nSPS) is 14.0.